The van der Waals surface area contributed by atoms with Crippen LogP contribution in [0.2, 0.25) is 0 Å². The van der Waals surface area contributed by atoms with Crippen molar-refractivity contribution in [2.24, 2.45) is 5.73 Å². The first-order valence-electron chi connectivity index (χ1n) is 28.2. The number of nitrogens with zero attached hydrogens (tertiary/aromatic N) is 2. The third-order valence-corrected chi connectivity index (χ3v) is 15.7. The molecule has 0 aromatic heterocycles. The smallest absolute Gasteiger partial charge is 0.441 e. The fraction of sp³-hybridized carbons (Fsp3) is 0.618. The molecule has 6 rings (SSSR count). The number of hydrogen-bond acceptors (Lipinski definition) is 26. The van der Waals surface area contributed by atoms with Crippen LogP contribution in [0.25, 0.3) is 0 Å². The predicted octanol–water partition coefficient (Wildman–Crippen LogP) is -3.02. The number of aliphatic hydroxyl groups is 6. The van der Waals surface area contributed by atoms with Gasteiger partial charge in [0.1, 0.15) is 54.8 Å². The van der Waals surface area contributed by atoms with Crippen molar-refractivity contribution in [1.29, 1.82) is 0 Å². The van der Waals surface area contributed by atoms with E-state index in [2.05, 4.69) is 72.0 Å². The van der Waals surface area contributed by atoms with Crippen LogP contribution in [0.5, 0.6) is 0 Å². The SMILES string of the molecule is CCCC[N+]1=C(/C=C/C=C/C=C2\N(CCCCCC(=O)NCCOCCOC3O[C@@H](CO)[C@@H](O)[C@H](O)[C@@H]3O[C@H]3O[C@H](CO)[C@@H](OC(N)=O)[C@H](O)[C@@H]3O)c3ccc(S(=O)(=O)O)cc3C2(C)C)c2cc[c-]cc2C1(C)CCCC.O=S(=O)=O.O=S(=O)=O.O=S(=O)=O.[K+]. The largest absolute Gasteiger partial charge is 1.00 e. The van der Waals surface area contributed by atoms with Crippen LogP contribution >= 0.6 is 0 Å². The number of amides is 2. The third-order valence-electron chi connectivity index (χ3n) is 14.8. The van der Waals surface area contributed by atoms with Crippen LogP contribution < -0.4 is 67.3 Å². The number of nitrogens with one attached hydrogen (secondary N) is 1. The molecule has 30 nitrogen and oxygen atoms in total. The van der Waals surface area contributed by atoms with Gasteiger partial charge in [-0.2, -0.15) is 32.7 Å². The number of rotatable bonds is 28. The van der Waals surface area contributed by atoms with Crippen molar-refractivity contribution in [1.82, 2.24) is 5.32 Å². The molecular formula is C55H80KN4O26S4+. The summed E-state index contributed by atoms with van der Waals surface area (Å²) in [4.78, 5) is 26.1. The summed E-state index contributed by atoms with van der Waals surface area (Å²) < 4.78 is 146. The van der Waals surface area contributed by atoms with E-state index in [9.17, 15) is 53.2 Å². The van der Waals surface area contributed by atoms with Crippen LogP contribution in [0.1, 0.15) is 109 Å². The summed E-state index contributed by atoms with van der Waals surface area (Å²) in [5.41, 5.74) is 10.6. The van der Waals surface area contributed by atoms with Gasteiger partial charge < -0.3 is 75.0 Å². The van der Waals surface area contributed by atoms with Crippen molar-refractivity contribution in [2.75, 3.05) is 57.6 Å². The summed E-state index contributed by atoms with van der Waals surface area (Å²) in [6, 6.07) is 14.3. The van der Waals surface area contributed by atoms with Crippen LogP contribution in [0, 0.1) is 6.07 Å². The number of aliphatic hydroxyl groups excluding tert-OH is 6. The number of nitrogens with two attached hydrogens (primary N) is 1. The zero-order valence-corrected chi connectivity index (χ0v) is 57.0. The Hall–Kier alpha value is -4.16. The molecule has 35 heteroatoms. The molecule has 0 aliphatic carbocycles. The minimum Gasteiger partial charge on any atom is -0.441 e. The van der Waals surface area contributed by atoms with E-state index in [0.29, 0.717) is 13.0 Å². The van der Waals surface area contributed by atoms with E-state index >= 15 is 0 Å². The second-order valence-electron chi connectivity index (χ2n) is 21.1. The molecular weight excluding hydrogens is 1300 g/mol. The van der Waals surface area contributed by atoms with Gasteiger partial charge in [0.25, 0.3) is 10.1 Å². The summed E-state index contributed by atoms with van der Waals surface area (Å²) in [5.74, 6) is -0.169. The first-order valence-corrected chi connectivity index (χ1v) is 32.6. The minimum absolute atomic E-state index is 0. The second-order valence-corrected chi connectivity index (χ2v) is 23.8. The summed E-state index contributed by atoms with van der Waals surface area (Å²) in [5, 5.41) is 65.1. The van der Waals surface area contributed by atoms with Gasteiger partial charge in [0.05, 0.1) is 37.9 Å². The molecule has 2 aromatic carbocycles. The first kappa shape index (κ1) is 81.9. The molecule has 2 unspecified atom stereocenters. The molecule has 0 spiro atoms. The van der Waals surface area contributed by atoms with Gasteiger partial charge in [-0.15, -0.1) is 37.9 Å². The average molecular weight is 1380 g/mol. The molecule has 0 saturated carbocycles. The maximum atomic E-state index is 12.8. The molecule has 2 fully saturated rings. The van der Waals surface area contributed by atoms with Crippen molar-refractivity contribution in [3.8, 4) is 0 Å². The maximum Gasteiger partial charge on any atom is 1.00 e. The zero-order valence-electron chi connectivity index (χ0n) is 50.6. The van der Waals surface area contributed by atoms with E-state index in [1.807, 2.05) is 32.1 Å². The number of benzene rings is 2. The van der Waals surface area contributed by atoms with Gasteiger partial charge in [-0.25, -0.2) is 9.37 Å². The van der Waals surface area contributed by atoms with Gasteiger partial charge in [0.15, 0.2) is 24.4 Å². The number of fused-ring (bicyclic) bond motifs is 2. The monoisotopic (exact) mass is 1380 g/mol. The summed E-state index contributed by atoms with van der Waals surface area (Å²) >= 11 is 0. The van der Waals surface area contributed by atoms with Crippen LogP contribution in [-0.2, 0) is 86.1 Å². The fourth-order valence-electron chi connectivity index (χ4n) is 10.6. The van der Waals surface area contributed by atoms with Gasteiger partial charge in [-0.05, 0) is 56.0 Å². The molecule has 90 heavy (non-hydrogen) atoms. The molecule has 500 valence electrons. The number of carbonyl (C=O) groups excluding carboxylic acids is 2. The zero-order chi connectivity index (χ0) is 66.8. The van der Waals surface area contributed by atoms with Gasteiger partial charge in [0, 0.05) is 55.2 Å². The summed E-state index contributed by atoms with van der Waals surface area (Å²) in [6.45, 7) is 11.1. The molecule has 2 amide bonds. The Morgan fingerprint density at radius 1 is 0.778 bits per heavy atom. The Morgan fingerprint density at radius 3 is 2.00 bits per heavy atom. The first-order chi connectivity index (χ1) is 41.9. The predicted molar refractivity (Wildman–Crippen MR) is 311 cm³/mol. The molecule has 0 bridgehead atoms. The molecule has 2 aromatic rings. The Labute approximate surface area is 569 Å². The van der Waals surface area contributed by atoms with E-state index in [0.717, 1.165) is 68.4 Å². The number of carbonyl (C=O) groups is 2. The summed E-state index contributed by atoms with van der Waals surface area (Å²) in [6.07, 6.45) is 0.711. The van der Waals surface area contributed by atoms with Gasteiger partial charge in [0.2, 0.25) is 5.91 Å². The van der Waals surface area contributed by atoms with Crippen molar-refractivity contribution < 1.29 is 175 Å². The van der Waals surface area contributed by atoms with Crippen LogP contribution in [0.3, 0.4) is 0 Å². The molecule has 4 aliphatic rings. The van der Waals surface area contributed by atoms with E-state index < -0.39 is 128 Å². The Balaban J connectivity index is 0.00000195. The number of allylic oxidation sites excluding steroid dienone is 6. The van der Waals surface area contributed by atoms with Crippen molar-refractivity contribution in [2.45, 2.75) is 170 Å². The molecule has 2 saturated heterocycles. The van der Waals surface area contributed by atoms with E-state index in [-0.39, 0.29) is 101 Å². The van der Waals surface area contributed by atoms with Crippen LogP contribution in [0.15, 0.2) is 77.4 Å². The second kappa shape index (κ2) is 40.2. The average Bonchev–Trinajstić information content (AvgIpc) is 1.59. The molecule has 4 aliphatic heterocycles. The molecule has 0 radical (unpaired) electrons. The van der Waals surface area contributed by atoms with Crippen molar-refractivity contribution >= 4 is 65.3 Å². The number of unbranched alkanes of at least 4 members (excludes halogenated alkanes) is 4. The quantitative estimate of drug-likeness (QED) is 0.0102. The van der Waals surface area contributed by atoms with E-state index in [4.69, 9.17) is 72.0 Å². The van der Waals surface area contributed by atoms with Crippen LogP contribution in [0.4, 0.5) is 10.5 Å². The number of anilines is 1. The van der Waals surface area contributed by atoms with E-state index in [1.165, 1.54) is 22.9 Å². The molecule has 10 N–H and O–H groups in total. The Kier molecular flexibility index (Phi) is 36.6. The molecule has 11 atom stereocenters. The number of primary amides is 1. The Morgan fingerprint density at radius 2 is 1.40 bits per heavy atom. The third kappa shape index (κ3) is 24.6. The number of hydrogen-bond donors (Lipinski definition) is 9. The van der Waals surface area contributed by atoms with E-state index in [1.54, 1.807) is 12.1 Å². The normalized spacial score (nSPS) is 25.3. The summed E-state index contributed by atoms with van der Waals surface area (Å²) in [7, 11) is -13.8. The Bertz CT molecular complexity index is 3180. The standard InChI is InChI=1S/C55H80N4O17S.K.3O3S/c1-6-8-25-55(5)37-19-16-15-18-36(37)39(59(55)28-9-7-2)20-12-10-13-21-43-54(3,4)38-32-35(77(68,69)70)23-24-40(38)58(43)27-17-11-14-22-44(62)57-26-29-71-30-31-72-52-50(46(64)45(63)41(33-60)73-52)75-51-48(66)47(65)49(76-53(56)67)42(34-61)74-51;;3*1-4(2)3/h10,12-13,15,18-21,23-24,32,41-42,45-52,60-61,63-66H,6-9,11,14,17,22,25-31,33-34H2,1-5H3,(H2,56,67)(H,57,62)(H,68,69,70);;;;/q;+1;;;/t41-,42+,45+,46-,47+,48-,49+,50-,51+,52?,55?;;;;/m0..../s1. The minimum atomic E-state index is -4.44. The van der Waals surface area contributed by atoms with Crippen LogP contribution in [-0.4, -0.2) is 218 Å². The molecule has 4 heterocycles. The van der Waals surface area contributed by atoms with Gasteiger partial charge in [-0.1, -0.05) is 76.3 Å². The topological polar surface area (TPSA) is 463 Å². The van der Waals surface area contributed by atoms with Crippen molar-refractivity contribution in [3.63, 3.8) is 0 Å². The number of ether oxygens (including phenoxy) is 6. The maximum absolute atomic E-state index is 12.8. The van der Waals surface area contributed by atoms with Gasteiger partial charge >= 0.3 is 89.3 Å². The van der Waals surface area contributed by atoms with Crippen molar-refractivity contribution in [3.05, 3.63) is 95.2 Å². The van der Waals surface area contributed by atoms with Gasteiger partial charge in [-0.3, -0.25) is 9.35 Å². The fourth-order valence-corrected chi connectivity index (χ4v) is 11.1.